The number of esters is 1. The number of hydrogen-bond donors (Lipinski definition) is 1. The number of nitrogen functional groups attached to an aromatic ring is 1. The van der Waals surface area contributed by atoms with Crippen molar-refractivity contribution >= 4 is 17.2 Å². The van der Waals surface area contributed by atoms with E-state index >= 15 is 0 Å². The van der Waals surface area contributed by atoms with E-state index in [1.54, 1.807) is 11.5 Å². The third kappa shape index (κ3) is 2.58. The fourth-order valence-electron chi connectivity index (χ4n) is 5.09. The molecular formula is C23H23FN2O3. The van der Waals surface area contributed by atoms with Gasteiger partial charge in [-0.05, 0) is 73.1 Å². The SMILES string of the molecule is Cc1c(F)cc(N)c2c1CCC/C2=C1/Cc2cc3c(c(=O)n2C1)COC(=O)[C@H]3C. The first-order valence-electron chi connectivity index (χ1n) is 10.1. The van der Waals surface area contributed by atoms with Crippen LogP contribution in [0, 0.1) is 12.7 Å². The summed E-state index contributed by atoms with van der Waals surface area (Å²) in [6, 6.07) is 3.40. The van der Waals surface area contributed by atoms with Gasteiger partial charge in [-0.3, -0.25) is 9.59 Å². The molecule has 150 valence electrons. The zero-order valence-corrected chi connectivity index (χ0v) is 16.6. The second-order valence-electron chi connectivity index (χ2n) is 8.33. The Morgan fingerprint density at radius 3 is 2.79 bits per heavy atom. The van der Waals surface area contributed by atoms with Crippen LogP contribution in [0.5, 0.6) is 0 Å². The largest absolute Gasteiger partial charge is 0.460 e. The number of benzene rings is 1. The molecule has 29 heavy (non-hydrogen) atoms. The van der Waals surface area contributed by atoms with Gasteiger partial charge in [-0.25, -0.2) is 4.39 Å². The maximum absolute atomic E-state index is 14.2. The molecule has 1 aromatic carbocycles. The van der Waals surface area contributed by atoms with E-state index in [-0.39, 0.29) is 24.0 Å². The van der Waals surface area contributed by atoms with Gasteiger partial charge in [0.25, 0.3) is 5.56 Å². The minimum absolute atomic E-state index is 0.0395. The number of fused-ring (bicyclic) bond motifs is 3. The summed E-state index contributed by atoms with van der Waals surface area (Å²) < 4.78 is 21.2. The lowest BCUT2D eigenvalue weighted by Crippen LogP contribution is -2.32. The second kappa shape index (κ2) is 6.31. The van der Waals surface area contributed by atoms with Gasteiger partial charge in [0.05, 0.1) is 11.5 Å². The molecule has 0 saturated heterocycles. The summed E-state index contributed by atoms with van der Waals surface area (Å²) in [6.45, 7) is 4.13. The zero-order chi connectivity index (χ0) is 20.4. The molecule has 0 amide bonds. The Morgan fingerprint density at radius 2 is 2.00 bits per heavy atom. The molecule has 0 spiro atoms. The summed E-state index contributed by atoms with van der Waals surface area (Å²) in [4.78, 5) is 25.0. The van der Waals surface area contributed by atoms with Crippen molar-refractivity contribution in [3.05, 3.63) is 67.4 Å². The smallest absolute Gasteiger partial charge is 0.313 e. The molecule has 5 rings (SSSR count). The molecule has 6 heteroatoms. The molecule has 5 nitrogen and oxygen atoms in total. The molecule has 0 radical (unpaired) electrons. The first kappa shape index (κ1) is 18.2. The van der Waals surface area contributed by atoms with E-state index < -0.39 is 5.92 Å². The Labute approximate surface area is 168 Å². The highest BCUT2D eigenvalue weighted by Gasteiger charge is 2.32. The number of nitrogens with zero attached hydrogens (tertiary/aromatic N) is 1. The predicted octanol–water partition coefficient (Wildman–Crippen LogP) is 3.38. The number of halogens is 1. The molecule has 3 heterocycles. The van der Waals surface area contributed by atoms with E-state index in [2.05, 4.69) is 0 Å². The number of carbonyl (C=O) groups is 1. The predicted molar refractivity (Wildman–Crippen MR) is 108 cm³/mol. The standard InChI is InChI=1S/C23H23FN2O3/c1-11-15-4-3-5-16(21(15)20(25)8-19(11)24)13-6-14-7-17-12(2)23(28)29-10-18(17)22(27)26(14)9-13/h7-8,12H,3-6,9-10,25H2,1-2H3/b16-13+/t12-/m0/s1. The van der Waals surface area contributed by atoms with Crippen molar-refractivity contribution in [2.75, 3.05) is 5.73 Å². The average Bonchev–Trinajstić information content (AvgIpc) is 3.13. The van der Waals surface area contributed by atoms with Crippen LogP contribution in [0.1, 0.15) is 59.2 Å². The first-order chi connectivity index (χ1) is 13.9. The molecule has 1 aliphatic carbocycles. The number of carbonyl (C=O) groups excluding carboxylic acids is 1. The van der Waals surface area contributed by atoms with E-state index in [1.165, 1.54) is 6.07 Å². The van der Waals surface area contributed by atoms with E-state index in [0.29, 0.717) is 29.8 Å². The molecule has 1 atom stereocenters. The lowest BCUT2D eigenvalue weighted by atomic mass is 9.81. The third-order valence-corrected chi connectivity index (χ3v) is 6.71. The molecule has 0 fully saturated rings. The lowest BCUT2D eigenvalue weighted by molar-refractivity contribution is -0.147. The van der Waals surface area contributed by atoms with Crippen LogP contribution in [0.15, 0.2) is 22.5 Å². The van der Waals surface area contributed by atoms with Crippen LogP contribution >= 0.6 is 0 Å². The molecule has 1 aromatic heterocycles. The number of anilines is 1. The zero-order valence-electron chi connectivity index (χ0n) is 16.6. The minimum Gasteiger partial charge on any atom is -0.460 e. The number of pyridine rings is 1. The maximum atomic E-state index is 14.2. The van der Waals surface area contributed by atoms with Gasteiger partial charge in [0, 0.05) is 29.9 Å². The van der Waals surface area contributed by atoms with E-state index in [9.17, 15) is 14.0 Å². The Bertz CT molecular complexity index is 1180. The molecule has 0 unspecified atom stereocenters. The van der Waals surface area contributed by atoms with Gasteiger partial charge in [0.2, 0.25) is 0 Å². The highest BCUT2D eigenvalue weighted by molar-refractivity contribution is 5.82. The highest BCUT2D eigenvalue weighted by Crippen LogP contribution is 2.41. The number of hydrogen-bond acceptors (Lipinski definition) is 4. The summed E-state index contributed by atoms with van der Waals surface area (Å²) in [5.41, 5.74) is 13.8. The van der Waals surface area contributed by atoms with Crippen LogP contribution in [0.3, 0.4) is 0 Å². The molecule has 3 aliphatic rings. The highest BCUT2D eigenvalue weighted by atomic mass is 19.1. The van der Waals surface area contributed by atoms with Gasteiger partial charge in [-0.2, -0.15) is 0 Å². The average molecular weight is 394 g/mol. The van der Waals surface area contributed by atoms with Gasteiger partial charge >= 0.3 is 5.97 Å². The van der Waals surface area contributed by atoms with Crippen LogP contribution in [0.25, 0.3) is 5.57 Å². The van der Waals surface area contributed by atoms with E-state index in [1.807, 2.05) is 13.0 Å². The molecule has 2 N–H and O–H groups in total. The number of ether oxygens (including phenoxy) is 1. The first-order valence-corrected chi connectivity index (χ1v) is 10.1. The van der Waals surface area contributed by atoms with Gasteiger partial charge in [-0.15, -0.1) is 0 Å². The Balaban J connectivity index is 1.65. The number of rotatable bonds is 0. The molecular weight excluding hydrogens is 371 g/mol. The fraction of sp³-hybridized carbons (Fsp3) is 0.391. The fourth-order valence-corrected chi connectivity index (χ4v) is 5.09. The van der Waals surface area contributed by atoms with Crippen molar-refractivity contribution in [3.63, 3.8) is 0 Å². The van der Waals surface area contributed by atoms with E-state index in [0.717, 1.165) is 52.8 Å². The topological polar surface area (TPSA) is 74.3 Å². The lowest BCUT2D eigenvalue weighted by Gasteiger charge is -2.25. The van der Waals surface area contributed by atoms with Crippen molar-refractivity contribution in [1.82, 2.24) is 4.57 Å². The van der Waals surface area contributed by atoms with E-state index in [4.69, 9.17) is 10.5 Å². The number of cyclic esters (lactones) is 1. The Kier molecular flexibility index (Phi) is 3.95. The van der Waals surface area contributed by atoms with Crippen LogP contribution in [0.2, 0.25) is 0 Å². The van der Waals surface area contributed by atoms with Crippen molar-refractivity contribution in [3.8, 4) is 0 Å². The number of nitrogens with two attached hydrogens (primary N) is 1. The quantitative estimate of drug-likeness (QED) is 0.549. The summed E-state index contributed by atoms with van der Waals surface area (Å²) in [6.07, 6.45) is 3.28. The van der Waals surface area contributed by atoms with Crippen LogP contribution in [-0.4, -0.2) is 10.5 Å². The molecule has 0 bridgehead atoms. The minimum atomic E-state index is -0.425. The Hall–Kier alpha value is -2.89. The summed E-state index contributed by atoms with van der Waals surface area (Å²) >= 11 is 0. The van der Waals surface area contributed by atoms with Gasteiger partial charge in [0.1, 0.15) is 12.4 Å². The molecule has 2 aliphatic heterocycles. The maximum Gasteiger partial charge on any atom is 0.313 e. The molecule has 2 aromatic rings. The van der Waals surface area contributed by atoms with Crippen molar-refractivity contribution in [2.45, 2.75) is 58.6 Å². The van der Waals surface area contributed by atoms with Crippen molar-refractivity contribution in [1.29, 1.82) is 0 Å². The monoisotopic (exact) mass is 394 g/mol. The third-order valence-electron chi connectivity index (χ3n) is 6.71. The van der Waals surface area contributed by atoms with Gasteiger partial charge < -0.3 is 15.0 Å². The van der Waals surface area contributed by atoms with Gasteiger partial charge in [0.15, 0.2) is 0 Å². The molecule has 0 saturated carbocycles. The normalized spacial score (nSPS) is 22.7. The summed E-state index contributed by atoms with van der Waals surface area (Å²) in [7, 11) is 0. The van der Waals surface area contributed by atoms with Crippen LogP contribution in [0.4, 0.5) is 10.1 Å². The van der Waals surface area contributed by atoms with Crippen LogP contribution in [-0.2, 0) is 35.5 Å². The van der Waals surface area contributed by atoms with Crippen LogP contribution < -0.4 is 11.3 Å². The number of allylic oxidation sites excluding steroid dienone is 2. The number of aromatic nitrogens is 1. The van der Waals surface area contributed by atoms with Crippen molar-refractivity contribution in [2.24, 2.45) is 0 Å². The second-order valence-corrected chi connectivity index (χ2v) is 8.33. The van der Waals surface area contributed by atoms with Gasteiger partial charge in [-0.1, -0.05) is 0 Å². The Morgan fingerprint density at radius 1 is 1.21 bits per heavy atom. The summed E-state index contributed by atoms with van der Waals surface area (Å²) in [5, 5.41) is 0. The summed E-state index contributed by atoms with van der Waals surface area (Å²) in [5.74, 6) is -0.972. The van der Waals surface area contributed by atoms with Crippen molar-refractivity contribution < 1.29 is 13.9 Å².